The number of hydrogen-bond donors (Lipinski definition) is 0. The second kappa shape index (κ2) is 7.56. The molecule has 3 rings (SSSR count). The molecular weight excluding hydrogens is 308 g/mol. The fourth-order valence-electron chi connectivity index (χ4n) is 3.37. The van der Waals surface area contributed by atoms with Crippen molar-refractivity contribution in [3.8, 4) is 0 Å². The van der Waals surface area contributed by atoms with E-state index in [9.17, 15) is 13.6 Å². The maximum absolute atomic E-state index is 13.7. The molecule has 1 aliphatic rings. The number of piperidine rings is 1. The van der Waals surface area contributed by atoms with E-state index >= 15 is 0 Å². The largest absolute Gasteiger partial charge is 0.338 e. The molecule has 0 bridgehead atoms. The summed E-state index contributed by atoms with van der Waals surface area (Å²) in [5.74, 6) is -0.645. The van der Waals surface area contributed by atoms with Gasteiger partial charge in [-0.1, -0.05) is 24.3 Å². The molecule has 4 heteroatoms. The molecule has 0 N–H and O–H groups in total. The zero-order chi connectivity index (χ0) is 16.9. The van der Waals surface area contributed by atoms with Gasteiger partial charge < -0.3 is 4.90 Å². The lowest BCUT2D eigenvalue weighted by Crippen LogP contribution is -2.40. The van der Waals surface area contributed by atoms with Gasteiger partial charge in [-0.2, -0.15) is 0 Å². The number of likely N-dealkylation sites (tertiary alicyclic amines) is 1. The SMILES string of the molecule is O=C(c1ccccc1)N1CCC[C@@H](CCc2c(F)cccc2F)C1. The quantitative estimate of drug-likeness (QED) is 0.811. The van der Waals surface area contributed by atoms with E-state index in [4.69, 9.17) is 0 Å². The van der Waals surface area contributed by atoms with Gasteiger partial charge in [0.15, 0.2) is 0 Å². The van der Waals surface area contributed by atoms with E-state index in [1.807, 2.05) is 35.2 Å². The number of carbonyl (C=O) groups excluding carboxylic acids is 1. The molecule has 24 heavy (non-hydrogen) atoms. The van der Waals surface area contributed by atoms with Crippen LogP contribution < -0.4 is 0 Å². The lowest BCUT2D eigenvalue weighted by Gasteiger charge is -2.33. The summed E-state index contributed by atoms with van der Waals surface area (Å²) in [6, 6.07) is 13.2. The third-order valence-electron chi connectivity index (χ3n) is 4.69. The van der Waals surface area contributed by atoms with Gasteiger partial charge in [-0.05, 0) is 55.9 Å². The van der Waals surface area contributed by atoms with Crippen molar-refractivity contribution in [3.63, 3.8) is 0 Å². The molecule has 0 radical (unpaired) electrons. The van der Waals surface area contributed by atoms with E-state index < -0.39 is 11.6 Å². The van der Waals surface area contributed by atoms with Crippen molar-refractivity contribution in [2.75, 3.05) is 13.1 Å². The molecule has 1 heterocycles. The molecule has 1 aliphatic heterocycles. The van der Waals surface area contributed by atoms with Gasteiger partial charge in [-0.3, -0.25) is 4.79 Å². The molecule has 1 saturated heterocycles. The lowest BCUT2D eigenvalue weighted by atomic mass is 9.91. The Hall–Kier alpha value is -2.23. The summed E-state index contributed by atoms with van der Waals surface area (Å²) in [5.41, 5.74) is 0.849. The lowest BCUT2D eigenvalue weighted by molar-refractivity contribution is 0.0668. The molecular formula is C20H21F2NO. The van der Waals surface area contributed by atoms with Crippen LogP contribution in [0.3, 0.4) is 0 Å². The van der Waals surface area contributed by atoms with Gasteiger partial charge in [0.05, 0.1) is 0 Å². The summed E-state index contributed by atoms with van der Waals surface area (Å²) in [5, 5.41) is 0. The Bertz CT molecular complexity index is 682. The molecule has 1 amide bonds. The summed E-state index contributed by atoms with van der Waals surface area (Å²) in [4.78, 5) is 14.4. The van der Waals surface area contributed by atoms with Crippen LogP contribution in [0.4, 0.5) is 8.78 Å². The molecule has 0 unspecified atom stereocenters. The predicted octanol–water partition coefficient (Wildman–Crippen LogP) is 4.45. The number of carbonyl (C=O) groups is 1. The van der Waals surface area contributed by atoms with Crippen molar-refractivity contribution < 1.29 is 13.6 Å². The van der Waals surface area contributed by atoms with E-state index in [-0.39, 0.29) is 17.4 Å². The van der Waals surface area contributed by atoms with Crippen LogP contribution >= 0.6 is 0 Å². The van der Waals surface area contributed by atoms with Gasteiger partial charge in [0.25, 0.3) is 5.91 Å². The second-order valence-corrected chi connectivity index (χ2v) is 6.36. The predicted molar refractivity (Wildman–Crippen MR) is 89.7 cm³/mol. The normalized spacial score (nSPS) is 17.8. The van der Waals surface area contributed by atoms with Crippen LogP contribution in [0.2, 0.25) is 0 Å². The van der Waals surface area contributed by atoms with Crippen LogP contribution in [-0.2, 0) is 6.42 Å². The smallest absolute Gasteiger partial charge is 0.253 e. The van der Waals surface area contributed by atoms with Crippen molar-refractivity contribution in [3.05, 3.63) is 71.3 Å². The minimum atomic E-state index is -0.483. The maximum Gasteiger partial charge on any atom is 0.253 e. The van der Waals surface area contributed by atoms with E-state index in [2.05, 4.69) is 0 Å². The highest BCUT2D eigenvalue weighted by Gasteiger charge is 2.24. The number of rotatable bonds is 4. The number of hydrogen-bond acceptors (Lipinski definition) is 1. The molecule has 0 aliphatic carbocycles. The molecule has 1 atom stereocenters. The Labute approximate surface area is 141 Å². The van der Waals surface area contributed by atoms with Crippen LogP contribution in [0.1, 0.15) is 35.2 Å². The highest BCUT2D eigenvalue weighted by atomic mass is 19.1. The highest BCUT2D eigenvalue weighted by Crippen LogP contribution is 2.24. The highest BCUT2D eigenvalue weighted by molar-refractivity contribution is 5.94. The number of nitrogens with zero attached hydrogens (tertiary/aromatic N) is 1. The minimum absolute atomic E-state index is 0.0392. The fourth-order valence-corrected chi connectivity index (χ4v) is 3.37. The monoisotopic (exact) mass is 329 g/mol. The first-order chi connectivity index (χ1) is 11.6. The van der Waals surface area contributed by atoms with Gasteiger partial charge in [0, 0.05) is 24.2 Å². The summed E-state index contributed by atoms with van der Waals surface area (Å²) in [7, 11) is 0. The zero-order valence-corrected chi connectivity index (χ0v) is 13.6. The molecule has 0 aromatic heterocycles. The first-order valence-corrected chi connectivity index (χ1v) is 8.42. The van der Waals surface area contributed by atoms with Crippen molar-refractivity contribution in [1.82, 2.24) is 4.90 Å². The van der Waals surface area contributed by atoms with Crippen molar-refractivity contribution in [1.29, 1.82) is 0 Å². The second-order valence-electron chi connectivity index (χ2n) is 6.36. The molecule has 2 nitrogen and oxygen atoms in total. The van der Waals surface area contributed by atoms with Crippen LogP contribution in [0, 0.1) is 17.6 Å². The maximum atomic E-state index is 13.7. The zero-order valence-electron chi connectivity index (χ0n) is 13.6. The van der Waals surface area contributed by atoms with Gasteiger partial charge in [-0.15, -0.1) is 0 Å². The number of halogens is 2. The Morgan fingerprint density at radius 2 is 1.75 bits per heavy atom. The van der Waals surface area contributed by atoms with E-state index in [1.54, 1.807) is 0 Å². The van der Waals surface area contributed by atoms with Gasteiger partial charge in [0.1, 0.15) is 11.6 Å². The Balaban J connectivity index is 1.61. The van der Waals surface area contributed by atoms with Crippen LogP contribution in [0.15, 0.2) is 48.5 Å². The molecule has 2 aromatic carbocycles. The molecule has 0 saturated carbocycles. The standard InChI is InChI=1S/C20H21F2NO/c21-18-9-4-10-19(22)17(18)12-11-15-6-5-13-23(14-15)20(24)16-7-2-1-3-8-16/h1-4,7-10,15H,5-6,11-14H2/t15-/m0/s1. The third-order valence-corrected chi connectivity index (χ3v) is 4.69. The summed E-state index contributed by atoms with van der Waals surface area (Å²) < 4.78 is 27.5. The molecule has 2 aromatic rings. The average Bonchev–Trinajstić information content (AvgIpc) is 2.62. The first kappa shape index (κ1) is 16.6. The average molecular weight is 329 g/mol. The number of benzene rings is 2. The summed E-state index contributed by atoms with van der Waals surface area (Å²) in [6.07, 6.45) is 2.99. The van der Waals surface area contributed by atoms with E-state index in [0.717, 1.165) is 19.4 Å². The summed E-state index contributed by atoms with van der Waals surface area (Å²) >= 11 is 0. The van der Waals surface area contributed by atoms with E-state index in [0.29, 0.717) is 24.9 Å². The molecule has 1 fully saturated rings. The Morgan fingerprint density at radius 3 is 2.46 bits per heavy atom. The minimum Gasteiger partial charge on any atom is -0.338 e. The number of amides is 1. The third kappa shape index (κ3) is 3.81. The van der Waals surface area contributed by atoms with Crippen LogP contribution in [-0.4, -0.2) is 23.9 Å². The fraction of sp³-hybridized carbons (Fsp3) is 0.350. The first-order valence-electron chi connectivity index (χ1n) is 8.42. The molecule has 126 valence electrons. The molecule has 0 spiro atoms. The van der Waals surface area contributed by atoms with Gasteiger partial charge in [-0.25, -0.2) is 8.78 Å². The van der Waals surface area contributed by atoms with E-state index in [1.165, 1.54) is 18.2 Å². The van der Waals surface area contributed by atoms with Crippen molar-refractivity contribution in [2.24, 2.45) is 5.92 Å². The van der Waals surface area contributed by atoms with Crippen molar-refractivity contribution >= 4 is 5.91 Å². The topological polar surface area (TPSA) is 20.3 Å². The Morgan fingerprint density at radius 1 is 1.04 bits per heavy atom. The van der Waals surface area contributed by atoms with Crippen LogP contribution in [0.5, 0.6) is 0 Å². The van der Waals surface area contributed by atoms with Crippen molar-refractivity contribution in [2.45, 2.75) is 25.7 Å². The Kier molecular flexibility index (Phi) is 5.24. The summed E-state index contributed by atoms with van der Waals surface area (Å²) in [6.45, 7) is 1.40. The van der Waals surface area contributed by atoms with Gasteiger partial charge >= 0.3 is 0 Å². The van der Waals surface area contributed by atoms with Gasteiger partial charge in [0.2, 0.25) is 0 Å². The van der Waals surface area contributed by atoms with Crippen LogP contribution in [0.25, 0.3) is 0 Å².